The molecule has 0 aromatic heterocycles. The number of esters is 1. The van der Waals surface area contributed by atoms with Crippen LogP contribution in [0.15, 0.2) is 18.2 Å². The minimum Gasteiger partial charge on any atom is -0.465 e. The van der Waals surface area contributed by atoms with E-state index < -0.39 is 18.1 Å². The number of fused-ring (bicyclic) bond motifs is 1. The van der Waals surface area contributed by atoms with Crippen LogP contribution in [0.5, 0.6) is 0 Å². The first-order valence-electron chi connectivity index (χ1n) is 5.39. The molecule has 1 aromatic carbocycles. The first-order chi connectivity index (χ1) is 8.82. The highest BCUT2D eigenvalue weighted by atomic mass is 19.4. The van der Waals surface area contributed by atoms with Gasteiger partial charge < -0.3 is 9.64 Å². The third kappa shape index (κ3) is 2.54. The molecule has 102 valence electrons. The van der Waals surface area contributed by atoms with Crippen LogP contribution in [-0.4, -0.2) is 30.1 Å². The van der Waals surface area contributed by atoms with Crippen molar-refractivity contribution in [1.82, 2.24) is 4.90 Å². The zero-order valence-electron chi connectivity index (χ0n) is 9.95. The minimum atomic E-state index is -4.88. The maximum Gasteiger partial charge on any atom is 0.471 e. The Morgan fingerprint density at radius 3 is 2.42 bits per heavy atom. The van der Waals surface area contributed by atoms with Gasteiger partial charge in [-0.2, -0.15) is 13.2 Å². The summed E-state index contributed by atoms with van der Waals surface area (Å²) in [5, 5.41) is 0. The Bertz CT molecular complexity index is 540. The van der Waals surface area contributed by atoms with Crippen LogP contribution >= 0.6 is 0 Å². The predicted molar refractivity (Wildman–Crippen MR) is 58.1 cm³/mol. The number of hydrogen-bond acceptors (Lipinski definition) is 3. The molecule has 2 rings (SSSR count). The Morgan fingerprint density at radius 1 is 1.21 bits per heavy atom. The first-order valence-corrected chi connectivity index (χ1v) is 5.39. The quantitative estimate of drug-likeness (QED) is 0.734. The molecule has 7 heteroatoms. The van der Waals surface area contributed by atoms with Gasteiger partial charge in [-0.25, -0.2) is 4.79 Å². The van der Waals surface area contributed by atoms with E-state index in [1.807, 2.05) is 0 Å². The molecule has 19 heavy (non-hydrogen) atoms. The Hall–Kier alpha value is -2.05. The second-order valence-electron chi connectivity index (χ2n) is 4.13. The molecule has 0 fully saturated rings. The van der Waals surface area contributed by atoms with Gasteiger partial charge in [-0.05, 0) is 23.3 Å². The summed E-state index contributed by atoms with van der Waals surface area (Å²) >= 11 is 0. The fourth-order valence-electron chi connectivity index (χ4n) is 1.96. The number of carbonyl (C=O) groups is 2. The number of nitrogens with zero attached hydrogens (tertiary/aromatic N) is 1. The summed E-state index contributed by atoms with van der Waals surface area (Å²) in [6.45, 7) is -0.256. The number of ether oxygens (including phenoxy) is 1. The van der Waals surface area contributed by atoms with Crippen molar-refractivity contribution in [3.63, 3.8) is 0 Å². The second-order valence-corrected chi connectivity index (χ2v) is 4.13. The van der Waals surface area contributed by atoms with Gasteiger partial charge in [-0.15, -0.1) is 0 Å². The van der Waals surface area contributed by atoms with Crippen molar-refractivity contribution in [1.29, 1.82) is 0 Å². The third-order valence-electron chi connectivity index (χ3n) is 2.88. The Balaban J connectivity index is 2.21. The zero-order valence-corrected chi connectivity index (χ0v) is 9.95. The van der Waals surface area contributed by atoms with Gasteiger partial charge in [0.15, 0.2) is 0 Å². The Labute approximate surface area is 106 Å². The van der Waals surface area contributed by atoms with E-state index in [1.54, 1.807) is 0 Å². The molecule has 0 saturated carbocycles. The number of benzene rings is 1. The fraction of sp³-hybridized carbons (Fsp3) is 0.333. The largest absolute Gasteiger partial charge is 0.471 e. The van der Waals surface area contributed by atoms with Crippen molar-refractivity contribution < 1.29 is 27.5 Å². The van der Waals surface area contributed by atoms with Gasteiger partial charge in [-0.3, -0.25) is 4.79 Å². The van der Waals surface area contributed by atoms with Crippen LogP contribution < -0.4 is 0 Å². The second kappa shape index (κ2) is 4.56. The average Bonchev–Trinajstić information content (AvgIpc) is 2.78. The summed E-state index contributed by atoms with van der Waals surface area (Å²) in [4.78, 5) is 23.1. The van der Waals surface area contributed by atoms with E-state index in [9.17, 15) is 22.8 Å². The molecule has 4 nitrogen and oxygen atoms in total. The van der Waals surface area contributed by atoms with Crippen molar-refractivity contribution in [2.45, 2.75) is 19.3 Å². The maximum atomic E-state index is 12.3. The summed E-state index contributed by atoms with van der Waals surface area (Å²) in [5.74, 6) is -2.44. The van der Waals surface area contributed by atoms with E-state index in [0.717, 1.165) is 0 Å². The van der Waals surface area contributed by atoms with Crippen molar-refractivity contribution in [2.24, 2.45) is 0 Å². The van der Waals surface area contributed by atoms with Gasteiger partial charge in [0.2, 0.25) is 0 Å². The van der Waals surface area contributed by atoms with Crippen LogP contribution in [0.3, 0.4) is 0 Å². The lowest BCUT2D eigenvalue weighted by Gasteiger charge is -2.16. The summed E-state index contributed by atoms with van der Waals surface area (Å²) in [5.41, 5.74) is 1.38. The van der Waals surface area contributed by atoms with Crippen LogP contribution in [0, 0.1) is 0 Å². The number of methoxy groups -OCH3 is 1. The van der Waals surface area contributed by atoms with Crippen LogP contribution in [0.2, 0.25) is 0 Å². The molecule has 0 unspecified atom stereocenters. The number of carbonyl (C=O) groups excluding carboxylic acids is 2. The molecular formula is C12H10F3NO3. The third-order valence-corrected chi connectivity index (χ3v) is 2.88. The minimum absolute atomic E-state index is 0.102. The molecule has 0 saturated heterocycles. The van der Waals surface area contributed by atoms with Crippen LogP contribution in [0.25, 0.3) is 0 Å². The van der Waals surface area contributed by atoms with Crippen molar-refractivity contribution in [3.05, 3.63) is 34.9 Å². The van der Waals surface area contributed by atoms with Crippen LogP contribution in [0.4, 0.5) is 13.2 Å². The molecule has 0 aliphatic carbocycles. The lowest BCUT2D eigenvalue weighted by atomic mass is 10.1. The predicted octanol–water partition coefficient (Wildman–Crippen LogP) is 1.88. The molecule has 0 atom stereocenters. The molecule has 1 aliphatic rings. The van der Waals surface area contributed by atoms with Crippen LogP contribution in [-0.2, 0) is 22.6 Å². The smallest absolute Gasteiger partial charge is 0.465 e. The summed E-state index contributed by atoms with van der Waals surface area (Å²) in [7, 11) is 1.22. The molecule has 0 radical (unpaired) electrons. The number of amides is 1. The molecule has 1 aliphatic heterocycles. The van der Waals surface area contributed by atoms with Gasteiger partial charge in [0.1, 0.15) is 0 Å². The molecular weight excluding hydrogens is 263 g/mol. The molecule has 0 spiro atoms. The maximum absolute atomic E-state index is 12.3. The molecule has 0 bridgehead atoms. The SMILES string of the molecule is COC(=O)c1ccc2c(c1)CN(C(=O)C(F)(F)F)C2. The highest BCUT2D eigenvalue weighted by Gasteiger charge is 2.44. The fourth-order valence-corrected chi connectivity index (χ4v) is 1.96. The summed E-state index contributed by atoms with van der Waals surface area (Å²) in [6.07, 6.45) is -4.88. The number of halogens is 3. The van der Waals surface area contributed by atoms with Crippen molar-refractivity contribution in [2.75, 3.05) is 7.11 Å². The molecule has 1 aromatic rings. The standard InChI is InChI=1S/C12H10F3NO3/c1-19-10(17)7-2-3-8-5-16(6-9(8)4-7)11(18)12(13,14)15/h2-4H,5-6H2,1H3. The normalized spacial score (nSPS) is 14.2. The highest BCUT2D eigenvalue weighted by molar-refractivity contribution is 5.90. The molecule has 1 heterocycles. The Kier molecular flexibility index (Phi) is 3.21. The number of rotatable bonds is 1. The lowest BCUT2D eigenvalue weighted by Crippen LogP contribution is -2.37. The van der Waals surface area contributed by atoms with E-state index in [-0.39, 0.29) is 18.7 Å². The van der Waals surface area contributed by atoms with E-state index in [2.05, 4.69) is 4.74 Å². The number of hydrogen-bond donors (Lipinski definition) is 0. The van der Waals surface area contributed by atoms with Gasteiger partial charge in [-0.1, -0.05) is 6.07 Å². The van der Waals surface area contributed by atoms with Crippen molar-refractivity contribution >= 4 is 11.9 Å². The van der Waals surface area contributed by atoms with E-state index in [4.69, 9.17) is 0 Å². The molecule has 0 N–H and O–H groups in total. The van der Waals surface area contributed by atoms with E-state index in [0.29, 0.717) is 16.0 Å². The summed E-state index contributed by atoms with van der Waals surface area (Å²) in [6, 6.07) is 4.45. The highest BCUT2D eigenvalue weighted by Crippen LogP contribution is 2.28. The monoisotopic (exact) mass is 273 g/mol. The first kappa shape index (κ1) is 13.4. The van der Waals surface area contributed by atoms with Gasteiger partial charge in [0.05, 0.1) is 12.7 Å². The number of alkyl halides is 3. The van der Waals surface area contributed by atoms with Gasteiger partial charge in [0, 0.05) is 13.1 Å². The van der Waals surface area contributed by atoms with E-state index >= 15 is 0 Å². The summed E-state index contributed by atoms with van der Waals surface area (Å²) < 4.78 is 41.5. The lowest BCUT2D eigenvalue weighted by molar-refractivity contribution is -0.186. The topological polar surface area (TPSA) is 46.6 Å². The van der Waals surface area contributed by atoms with E-state index in [1.165, 1.54) is 25.3 Å². The zero-order chi connectivity index (χ0) is 14.2. The van der Waals surface area contributed by atoms with Gasteiger partial charge >= 0.3 is 18.1 Å². The Morgan fingerprint density at radius 2 is 1.84 bits per heavy atom. The van der Waals surface area contributed by atoms with Crippen molar-refractivity contribution in [3.8, 4) is 0 Å². The van der Waals surface area contributed by atoms with Gasteiger partial charge in [0.25, 0.3) is 0 Å². The molecule has 1 amide bonds. The average molecular weight is 273 g/mol. The van der Waals surface area contributed by atoms with Crippen LogP contribution in [0.1, 0.15) is 21.5 Å².